The molecule has 0 heterocycles. The van der Waals surface area contributed by atoms with Crippen LogP contribution in [0, 0.1) is 5.92 Å². The Morgan fingerprint density at radius 1 is 1.25 bits per heavy atom. The van der Waals surface area contributed by atoms with E-state index in [4.69, 9.17) is 5.11 Å². The van der Waals surface area contributed by atoms with Crippen molar-refractivity contribution in [2.75, 3.05) is 0 Å². The monoisotopic (exact) mass is 278 g/mol. The lowest BCUT2D eigenvalue weighted by Crippen LogP contribution is -2.20. The highest BCUT2D eigenvalue weighted by Crippen LogP contribution is 2.35. The van der Waals surface area contributed by atoms with Crippen LogP contribution in [-0.4, -0.2) is 16.2 Å². The number of carboxylic acid groups (broad SMARTS) is 1. The minimum absolute atomic E-state index is 0.0962. The molecule has 0 saturated carbocycles. The van der Waals surface area contributed by atoms with E-state index in [1.165, 1.54) is 0 Å². The number of aromatic hydroxyl groups is 1. The van der Waals surface area contributed by atoms with Crippen molar-refractivity contribution in [3.8, 4) is 5.75 Å². The summed E-state index contributed by atoms with van der Waals surface area (Å²) < 4.78 is 0. The van der Waals surface area contributed by atoms with Gasteiger partial charge in [0, 0.05) is 0 Å². The molecule has 1 aromatic carbocycles. The first-order valence-electron chi connectivity index (χ1n) is 7.21. The molecule has 0 amide bonds. The maximum Gasteiger partial charge on any atom is 0.306 e. The maximum absolute atomic E-state index is 10.9. The van der Waals surface area contributed by atoms with Gasteiger partial charge in [-0.3, -0.25) is 4.79 Å². The molecule has 112 valence electrons. The third-order valence-corrected chi connectivity index (χ3v) is 4.05. The van der Waals surface area contributed by atoms with E-state index in [9.17, 15) is 9.90 Å². The number of hydrogen-bond donors (Lipinski definition) is 2. The Hall–Kier alpha value is -1.51. The van der Waals surface area contributed by atoms with Gasteiger partial charge in [0.1, 0.15) is 5.75 Å². The summed E-state index contributed by atoms with van der Waals surface area (Å²) in [6.45, 7) is 10.1. The van der Waals surface area contributed by atoms with Crippen LogP contribution in [0.25, 0.3) is 0 Å². The van der Waals surface area contributed by atoms with Crippen LogP contribution in [0.15, 0.2) is 18.2 Å². The van der Waals surface area contributed by atoms with Crippen LogP contribution >= 0.6 is 0 Å². The fourth-order valence-corrected chi connectivity index (χ4v) is 2.28. The summed E-state index contributed by atoms with van der Waals surface area (Å²) in [7, 11) is 0. The molecule has 0 saturated heterocycles. The van der Waals surface area contributed by atoms with Crippen molar-refractivity contribution in [3.05, 3.63) is 29.3 Å². The van der Waals surface area contributed by atoms with Gasteiger partial charge >= 0.3 is 5.97 Å². The van der Waals surface area contributed by atoms with Gasteiger partial charge in [0.2, 0.25) is 0 Å². The molecule has 0 spiro atoms. The zero-order chi connectivity index (χ0) is 15.5. The van der Waals surface area contributed by atoms with E-state index in [0.29, 0.717) is 12.2 Å². The molecule has 0 aromatic heterocycles. The Bertz CT molecular complexity index is 475. The molecule has 0 aliphatic carbocycles. The van der Waals surface area contributed by atoms with Crippen LogP contribution in [0.2, 0.25) is 0 Å². The number of carboxylic acids is 1. The average Bonchev–Trinajstić information content (AvgIpc) is 2.35. The molecule has 0 radical (unpaired) electrons. The number of hydrogen-bond acceptors (Lipinski definition) is 2. The standard InChI is InChI=1S/C17H26O3/c1-11(2)14-10-13(6-7-15(14)18)17(4,5)9-8-12(3)16(19)20/h6-7,10-12,18H,8-9H2,1-5H3,(H,19,20). The maximum atomic E-state index is 10.9. The largest absolute Gasteiger partial charge is 0.508 e. The molecule has 1 unspecified atom stereocenters. The lowest BCUT2D eigenvalue weighted by molar-refractivity contribution is -0.141. The zero-order valence-electron chi connectivity index (χ0n) is 13.1. The number of carbonyl (C=O) groups is 1. The van der Waals surface area contributed by atoms with Crippen molar-refractivity contribution in [3.63, 3.8) is 0 Å². The zero-order valence-corrected chi connectivity index (χ0v) is 13.1. The summed E-state index contributed by atoms with van der Waals surface area (Å²) in [6.07, 6.45) is 1.46. The summed E-state index contributed by atoms with van der Waals surface area (Å²) in [5.74, 6) is -0.465. The summed E-state index contributed by atoms with van der Waals surface area (Å²) in [5.41, 5.74) is 2.00. The predicted molar refractivity (Wildman–Crippen MR) is 81.3 cm³/mol. The fraction of sp³-hybridized carbons (Fsp3) is 0.588. The van der Waals surface area contributed by atoms with Crippen molar-refractivity contribution >= 4 is 5.97 Å². The van der Waals surface area contributed by atoms with Crippen LogP contribution in [0.4, 0.5) is 0 Å². The van der Waals surface area contributed by atoms with E-state index in [2.05, 4.69) is 27.7 Å². The second-order valence-corrected chi connectivity index (χ2v) is 6.59. The Morgan fingerprint density at radius 2 is 1.85 bits per heavy atom. The molecule has 1 aromatic rings. The Kier molecular flexibility index (Phi) is 5.21. The van der Waals surface area contributed by atoms with Crippen LogP contribution in [0.1, 0.15) is 64.5 Å². The summed E-state index contributed by atoms with van der Waals surface area (Å²) in [5, 5.41) is 18.9. The number of phenolic OH excluding ortho intramolecular Hbond substituents is 1. The number of rotatable bonds is 6. The first-order valence-corrected chi connectivity index (χ1v) is 7.21. The second-order valence-electron chi connectivity index (χ2n) is 6.59. The minimum Gasteiger partial charge on any atom is -0.508 e. The Labute approximate surface area is 121 Å². The minimum atomic E-state index is -0.741. The molecule has 0 fully saturated rings. The van der Waals surface area contributed by atoms with Crippen molar-refractivity contribution in [2.24, 2.45) is 5.92 Å². The van der Waals surface area contributed by atoms with Gasteiger partial charge in [-0.25, -0.2) is 0 Å². The van der Waals surface area contributed by atoms with Crippen LogP contribution in [0.3, 0.4) is 0 Å². The smallest absolute Gasteiger partial charge is 0.306 e. The van der Waals surface area contributed by atoms with Crippen molar-refractivity contribution < 1.29 is 15.0 Å². The summed E-state index contributed by atoms with van der Waals surface area (Å²) in [6, 6.07) is 5.73. The van der Waals surface area contributed by atoms with E-state index < -0.39 is 5.97 Å². The molecule has 0 aliphatic rings. The van der Waals surface area contributed by atoms with Gasteiger partial charge in [0.15, 0.2) is 0 Å². The van der Waals surface area contributed by atoms with Crippen molar-refractivity contribution in [1.29, 1.82) is 0 Å². The number of phenols is 1. The fourth-order valence-electron chi connectivity index (χ4n) is 2.28. The molecular formula is C17H26O3. The van der Waals surface area contributed by atoms with Gasteiger partial charge in [-0.2, -0.15) is 0 Å². The SMILES string of the molecule is CC(CCC(C)(C)c1ccc(O)c(C(C)C)c1)C(=O)O. The van der Waals surface area contributed by atoms with Crippen LogP contribution in [-0.2, 0) is 10.2 Å². The lowest BCUT2D eigenvalue weighted by Gasteiger charge is -2.27. The van der Waals surface area contributed by atoms with E-state index in [0.717, 1.165) is 17.5 Å². The molecule has 3 nitrogen and oxygen atoms in total. The van der Waals surface area contributed by atoms with Crippen LogP contribution in [0.5, 0.6) is 5.75 Å². The van der Waals surface area contributed by atoms with E-state index in [1.807, 2.05) is 12.1 Å². The highest BCUT2D eigenvalue weighted by molar-refractivity contribution is 5.69. The molecule has 0 aliphatic heterocycles. The Balaban J connectivity index is 2.92. The highest BCUT2D eigenvalue weighted by atomic mass is 16.4. The second kappa shape index (κ2) is 6.29. The Morgan fingerprint density at radius 3 is 2.35 bits per heavy atom. The quantitative estimate of drug-likeness (QED) is 0.816. The number of aliphatic carboxylic acids is 1. The van der Waals surface area contributed by atoms with Crippen LogP contribution < -0.4 is 0 Å². The lowest BCUT2D eigenvalue weighted by atomic mass is 9.78. The van der Waals surface area contributed by atoms with Gasteiger partial charge < -0.3 is 10.2 Å². The molecule has 2 N–H and O–H groups in total. The van der Waals surface area contributed by atoms with E-state index in [-0.39, 0.29) is 17.3 Å². The van der Waals surface area contributed by atoms with Gasteiger partial charge in [-0.15, -0.1) is 0 Å². The summed E-state index contributed by atoms with van der Waals surface area (Å²) in [4.78, 5) is 10.9. The normalized spacial score (nSPS) is 13.5. The average molecular weight is 278 g/mol. The van der Waals surface area contributed by atoms with E-state index >= 15 is 0 Å². The summed E-state index contributed by atoms with van der Waals surface area (Å²) >= 11 is 0. The third kappa shape index (κ3) is 3.99. The highest BCUT2D eigenvalue weighted by Gasteiger charge is 2.24. The predicted octanol–water partition coefficient (Wildman–Crippen LogP) is 4.29. The molecule has 1 atom stereocenters. The molecule has 3 heteroatoms. The van der Waals surface area contributed by atoms with Crippen molar-refractivity contribution in [1.82, 2.24) is 0 Å². The van der Waals surface area contributed by atoms with Gasteiger partial charge in [0.05, 0.1) is 5.92 Å². The first-order chi connectivity index (χ1) is 9.15. The van der Waals surface area contributed by atoms with E-state index in [1.54, 1.807) is 13.0 Å². The molecular weight excluding hydrogens is 252 g/mol. The van der Waals surface area contributed by atoms with Gasteiger partial charge in [0.25, 0.3) is 0 Å². The van der Waals surface area contributed by atoms with Gasteiger partial charge in [-0.1, -0.05) is 46.8 Å². The topological polar surface area (TPSA) is 57.5 Å². The molecule has 20 heavy (non-hydrogen) atoms. The number of benzene rings is 1. The third-order valence-electron chi connectivity index (χ3n) is 4.05. The van der Waals surface area contributed by atoms with Gasteiger partial charge in [-0.05, 0) is 41.4 Å². The molecule has 0 bridgehead atoms. The van der Waals surface area contributed by atoms with Crippen molar-refractivity contribution in [2.45, 2.75) is 58.8 Å². The first kappa shape index (κ1) is 16.5. The molecule has 1 rings (SSSR count).